The summed E-state index contributed by atoms with van der Waals surface area (Å²) in [6.07, 6.45) is 1.75. The highest BCUT2D eigenvalue weighted by Crippen LogP contribution is 2.35. The summed E-state index contributed by atoms with van der Waals surface area (Å²) >= 11 is 6.67. The fraction of sp³-hybridized carbons (Fsp3) is 0.115. The van der Waals surface area contributed by atoms with Gasteiger partial charge in [0.15, 0.2) is 18.1 Å². The Labute approximate surface area is 211 Å². The second-order valence-electron chi connectivity index (χ2n) is 7.51. The number of methoxy groups -OCH3 is 1. The van der Waals surface area contributed by atoms with E-state index in [1.165, 1.54) is 43.1 Å². The third kappa shape index (κ3) is 6.26. The van der Waals surface area contributed by atoms with Crippen molar-refractivity contribution in [1.82, 2.24) is 4.90 Å². The zero-order chi connectivity index (χ0) is 24.8. The van der Waals surface area contributed by atoms with Gasteiger partial charge in [0, 0.05) is 5.69 Å². The number of hydrogen-bond donors (Lipinski definition) is 1. The zero-order valence-corrected chi connectivity index (χ0v) is 20.3. The Kier molecular flexibility index (Phi) is 7.79. The zero-order valence-electron chi connectivity index (χ0n) is 18.7. The van der Waals surface area contributed by atoms with E-state index < -0.39 is 5.91 Å². The van der Waals surface area contributed by atoms with Crippen LogP contribution in [0.25, 0.3) is 6.08 Å². The molecule has 178 valence electrons. The van der Waals surface area contributed by atoms with Gasteiger partial charge in [-0.05, 0) is 53.6 Å². The highest BCUT2D eigenvalue weighted by atomic mass is 32.2. The Balaban J connectivity index is 1.41. The lowest BCUT2D eigenvalue weighted by Gasteiger charge is -2.14. The fourth-order valence-electron chi connectivity index (χ4n) is 3.32. The van der Waals surface area contributed by atoms with Crippen molar-refractivity contribution >= 4 is 51.9 Å². The van der Waals surface area contributed by atoms with E-state index in [0.717, 1.165) is 11.1 Å². The first kappa shape index (κ1) is 24.4. The third-order valence-corrected chi connectivity index (χ3v) is 6.41. The average molecular weight is 509 g/mol. The molecule has 9 heteroatoms. The number of halogens is 1. The Morgan fingerprint density at radius 1 is 1.09 bits per heavy atom. The van der Waals surface area contributed by atoms with E-state index >= 15 is 0 Å². The molecule has 0 unspecified atom stereocenters. The van der Waals surface area contributed by atoms with Gasteiger partial charge in [0.25, 0.3) is 11.8 Å². The molecule has 1 aliphatic rings. The maximum absolute atomic E-state index is 13.0. The normalized spacial score (nSPS) is 14.3. The summed E-state index contributed by atoms with van der Waals surface area (Å²) in [6.45, 7) is 0.157. The number of nitrogens with one attached hydrogen (secondary N) is 1. The number of carbonyl (C=O) groups excluding carboxylic acids is 2. The van der Waals surface area contributed by atoms with Crippen molar-refractivity contribution in [2.45, 2.75) is 6.54 Å². The molecule has 0 aromatic heterocycles. The van der Waals surface area contributed by atoms with E-state index in [-0.39, 0.29) is 18.3 Å². The minimum Gasteiger partial charge on any atom is -0.493 e. The number of anilines is 1. The number of thiocarbonyl (C=S) groups is 1. The van der Waals surface area contributed by atoms with Crippen molar-refractivity contribution in [3.8, 4) is 11.5 Å². The van der Waals surface area contributed by atoms with Crippen LogP contribution in [-0.2, 0) is 16.1 Å². The van der Waals surface area contributed by atoms with Crippen LogP contribution >= 0.6 is 24.0 Å². The van der Waals surface area contributed by atoms with Crippen molar-refractivity contribution < 1.29 is 23.5 Å². The number of hydrogen-bond acceptors (Lipinski definition) is 6. The highest BCUT2D eigenvalue weighted by molar-refractivity contribution is 8.26. The topological polar surface area (TPSA) is 67.9 Å². The Morgan fingerprint density at radius 2 is 1.83 bits per heavy atom. The molecule has 3 aromatic rings. The molecule has 0 saturated carbocycles. The lowest BCUT2D eigenvalue weighted by Crippen LogP contribution is -2.27. The number of carbonyl (C=O) groups is 2. The molecule has 1 N–H and O–H groups in total. The smallest absolute Gasteiger partial charge is 0.266 e. The van der Waals surface area contributed by atoms with E-state index in [4.69, 9.17) is 21.7 Å². The van der Waals surface area contributed by atoms with Crippen LogP contribution in [0.2, 0.25) is 0 Å². The van der Waals surface area contributed by atoms with E-state index in [0.29, 0.717) is 33.0 Å². The van der Waals surface area contributed by atoms with Gasteiger partial charge >= 0.3 is 0 Å². The molecular weight excluding hydrogens is 487 g/mol. The second kappa shape index (κ2) is 11.2. The maximum Gasteiger partial charge on any atom is 0.266 e. The van der Waals surface area contributed by atoms with E-state index in [9.17, 15) is 14.0 Å². The van der Waals surface area contributed by atoms with Crippen LogP contribution in [0.3, 0.4) is 0 Å². The molecule has 0 atom stereocenters. The third-order valence-electron chi connectivity index (χ3n) is 5.03. The van der Waals surface area contributed by atoms with Gasteiger partial charge in [-0.1, -0.05) is 60.4 Å². The number of ether oxygens (including phenoxy) is 2. The first-order valence-corrected chi connectivity index (χ1v) is 11.8. The summed E-state index contributed by atoms with van der Waals surface area (Å²) in [5.41, 5.74) is 2.19. The molecule has 0 spiro atoms. The van der Waals surface area contributed by atoms with Gasteiger partial charge in [-0.15, -0.1) is 0 Å². The summed E-state index contributed by atoms with van der Waals surface area (Å²) in [6, 6.07) is 20.3. The number of rotatable bonds is 8. The van der Waals surface area contributed by atoms with Gasteiger partial charge in [-0.2, -0.15) is 0 Å². The van der Waals surface area contributed by atoms with Crippen molar-refractivity contribution in [3.63, 3.8) is 0 Å². The maximum atomic E-state index is 13.0. The summed E-state index contributed by atoms with van der Waals surface area (Å²) in [5, 5.41) is 2.63. The molecule has 1 heterocycles. The van der Waals surface area contributed by atoms with Crippen LogP contribution < -0.4 is 14.8 Å². The molecule has 0 aliphatic carbocycles. The molecule has 3 aromatic carbocycles. The van der Waals surface area contributed by atoms with Gasteiger partial charge in [0.1, 0.15) is 10.1 Å². The molecule has 35 heavy (non-hydrogen) atoms. The first-order valence-electron chi connectivity index (χ1n) is 10.6. The average Bonchev–Trinajstić information content (AvgIpc) is 3.12. The van der Waals surface area contributed by atoms with Crippen molar-refractivity contribution in [2.75, 3.05) is 19.0 Å². The van der Waals surface area contributed by atoms with Crippen LogP contribution in [-0.4, -0.2) is 34.8 Å². The summed E-state index contributed by atoms with van der Waals surface area (Å²) in [5.74, 6) is -0.156. The van der Waals surface area contributed by atoms with E-state index in [2.05, 4.69) is 5.32 Å². The number of amides is 2. The fourth-order valence-corrected chi connectivity index (χ4v) is 4.58. The van der Waals surface area contributed by atoms with Gasteiger partial charge in [-0.3, -0.25) is 14.5 Å². The van der Waals surface area contributed by atoms with Crippen LogP contribution in [0.4, 0.5) is 10.1 Å². The molecule has 1 aliphatic heterocycles. The lowest BCUT2D eigenvalue weighted by molar-refractivity contribution is -0.122. The Bertz CT molecular complexity index is 1280. The number of nitrogens with zero attached hydrogens (tertiary/aromatic N) is 1. The predicted octanol–water partition coefficient (Wildman–Crippen LogP) is 5.25. The lowest BCUT2D eigenvalue weighted by atomic mass is 10.1. The molecule has 0 radical (unpaired) electrons. The van der Waals surface area contributed by atoms with Crippen LogP contribution in [0.1, 0.15) is 11.1 Å². The van der Waals surface area contributed by atoms with E-state index in [1.807, 2.05) is 30.3 Å². The highest BCUT2D eigenvalue weighted by Gasteiger charge is 2.32. The molecule has 1 saturated heterocycles. The Hall–Kier alpha value is -3.69. The molecular formula is C26H21FN2O4S2. The molecule has 6 nitrogen and oxygen atoms in total. The van der Waals surface area contributed by atoms with Crippen molar-refractivity contribution in [1.29, 1.82) is 0 Å². The van der Waals surface area contributed by atoms with E-state index in [1.54, 1.807) is 29.2 Å². The molecule has 4 rings (SSSR count). The summed E-state index contributed by atoms with van der Waals surface area (Å²) in [4.78, 5) is 27.2. The number of thioether (sulfide) groups is 1. The van der Waals surface area contributed by atoms with Gasteiger partial charge in [-0.25, -0.2) is 4.39 Å². The quantitative estimate of drug-likeness (QED) is 0.331. The predicted molar refractivity (Wildman–Crippen MR) is 139 cm³/mol. The van der Waals surface area contributed by atoms with Crippen LogP contribution in [0.15, 0.2) is 77.7 Å². The molecule has 2 amide bonds. The SMILES string of the molecule is COc1cc(/C=C2\SC(=S)N(Cc3ccccc3)C2=O)ccc1OCC(=O)Nc1ccc(F)cc1. The first-order chi connectivity index (χ1) is 16.9. The summed E-state index contributed by atoms with van der Waals surface area (Å²) in [7, 11) is 1.49. The molecule has 0 bridgehead atoms. The Morgan fingerprint density at radius 3 is 2.54 bits per heavy atom. The minimum absolute atomic E-state index is 0.152. The largest absolute Gasteiger partial charge is 0.493 e. The van der Waals surface area contributed by atoms with Gasteiger partial charge < -0.3 is 14.8 Å². The molecule has 1 fully saturated rings. The van der Waals surface area contributed by atoms with Crippen LogP contribution in [0.5, 0.6) is 11.5 Å². The minimum atomic E-state index is -0.398. The van der Waals surface area contributed by atoms with Gasteiger partial charge in [0.2, 0.25) is 0 Å². The number of benzene rings is 3. The standard InChI is InChI=1S/C26H21FN2O4S2/c1-32-22-13-18(7-12-21(22)33-16-24(30)28-20-10-8-19(27)9-11-20)14-23-25(31)29(26(34)35-23)15-17-5-3-2-4-6-17/h2-14H,15-16H2,1H3,(H,28,30)/b23-14-. The second-order valence-corrected chi connectivity index (χ2v) is 9.18. The summed E-state index contributed by atoms with van der Waals surface area (Å²) < 4.78 is 24.5. The van der Waals surface area contributed by atoms with Crippen molar-refractivity contribution in [3.05, 3.63) is 94.6 Å². The van der Waals surface area contributed by atoms with Crippen LogP contribution in [0, 0.1) is 5.82 Å². The van der Waals surface area contributed by atoms with Gasteiger partial charge in [0.05, 0.1) is 18.6 Å². The van der Waals surface area contributed by atoms with Crippen molar-refractivity contribution in [2.24, 2.45) is 0 Å². The monoisotopic (exact) mass is 508 g/mol.